The number of anilines is 1. The third-order valence-corrected chi connectivity index (χ3v) is 3.94. The van der Waals surface area contributed by atoms with Gasteiger partial charge in [0.2, 0.25) is 0 Å². The maximum absolute atomic E-state index is 13.3. The number of carbonyl (C=O) groups excluding carboxylic acids is 1. The second kappa shape index (κ2) is 9.33. The minimum absolute atomic E-state index is 0.159. The maximum atomic E-state index is 13.3. The smallest absolute Gasteiger partial charge is 0.322 e. The quantitative estimate of drug-likeness (QED) is 0.694. The van der Waals surface area contributed by atoms with Gasteiger partial charge in [0.25, 0.3) is 0 Å². The van der Waals surface area contributed by atoms with Gasteiger partial charge >= 0.3 is 16.1 Å². The standard InChI is InChI=1S/C18H21FN2O5S/c1-25-10-9-21(18(22)20-16-7-4-6-15(19)12-16)13-14-5-3-8-17(11-14)26-27(2,23)24/h3-8,11-12H,9-10,13H2,1-2H3,(H,20,22). The van der Waals surface area contributed by atoms with E-state index in [0.29, 0.717) is 17.9 Å². The Morgan fingerprint density at radius 3 is 2.59 bits per heavy atom. The molecule has 0 saturated heterocycles. The van der Waals surface area contributed by atoms with Crippen LogP contribution in [-0.4, -0.2) is 45.9 Å². The van der Waals surface area contributed by atoms with Crippen LogP contribution in [0, 0.1) is 5.82 Å². The highest BCUT2D eigenvalue weighted by molar-refractivity contribution is 7.86. The van der Waals surface area contributed by atoms with E-state index in [2.05, 4.69) is 5.32 Å². The van der Waals surface area contributed by atoms with Crippen molar-refractivity contribution in [1.29, 1.82) is 0 Å². The molecule has 2 aromatic carbocycles. The fourth-order valence-corrected chi connectivity index (χ4v) is 2.77. The highest BCUT2D eigenvalue weighted by atomic mass is 32.2. The van der Waals surface area contributed by atoms with E-state index in [1.807, 2.05) is 0 Å². The second-order valence-electron chi connectivity index (χ2n) is 5.79. The van der Waals surface area contributed by atoms with Crippen LogP contribution in [-0.2, 0) is 21.4 Å². The number of nitrogens with one attached hydrogen (secondary N) is 1. The molecule has 2 aromatic rings. The normalized spacial score (nSPS) is 11.1. The number of hydrogen-bond acceptors (Lipinski definition) is 5. The van der Waals surface area contributed by atoms with Crippen LogP contribution in [0.5, 0.6) is 5.75 Å². The third kappa shape index (κ3) is 7.24. The molecule has 7 nitrogen and oxygen atoms in total. The van der Waals surface area contributed by atoms with E-state index >= 15 is 0 Å². The number of nitrogens with zero attached hydrogens (tertiary/aromatic N) is 1. The summed E-state index contributed by atoms with van der Waals surface area (Å²) >= 11 is 0. The molecule has 2 amide bonds. The van der Waals surface area contributed by atoms with E-state index in [1.165, 1.54) is 42.3 Å². The van der Waals surface area contributed by atoms with Crippen molar-refractivity contribution in [2.75, 3.05) is 31.8 Å². The molecule has 0 aliphatic rings. The summed E-state index contributed by atoms with van der Waals surface area (Å²) in [6.45, 7) is 0.774. The summed E-state index contributed by atoms with van der Waals surface area (Å²) < 4.78 is 45.7. The molecule has 0 spiro atoms. The monoisotopic (exact) mass is 396 g/mol. The van der Waals surface area contributed by atoms with Crippen molar-refractivity contribution in [3.05, 3.63) is 59.9 Å². The number of benzene rings is 2. The van der Waals surface area contributed by atoms with Crippen molar-refractivity contribution in [1.82, 2.24) is 4.90 Å². The van der Waals surface area contributed by atoms with E-state index in [1.54, 1.807) is 18.2 Å². The average molecular weight is 396 g/mol. The number of amides is 2. The summed E-state index contributed by atoms with van der Waals surface area (Å²) in [4.78, 5) is 14.0. The molecule has 0 unspecified atom stereocenters. The number of carbonyl (C=O) groups is 1. The van der Waals surface area contributed by atoms with Crippen molar-refractivity contribution in [3.63, 3.8) is 0 Å². The SMILES string of the molecule is COCCN(Cc1cccc(OS(C)(=O)=O)c1)C(=O)Nc1cccc(F)c1. The first-order valence-corrected chi connectivity index (χ1v) is 9.87. The molecule has 0 heterocycles. The Morgan fingerprint density at radius 1 is 1.19 bits per heavy atom. The first-order chi connectivity index (χ1) is 12.8. The molecular formula is C18H21FN2O5S. The van der Waals surface area contributed by atoms with E-state index in [0.717, 1.165) is 6.26 Å². The summed E-state index contributed by atoms with van der Waals surface area (Å²) in [6, 6.07) is 11.6. The molecule has 2 rings (SSSR count). The first kappa shape index (κ1) is 20.7. The van der Waals surface area contributed by atoms with Crippen LogP contribution in [0.4, 0.5) is 14.9 Å². The lowest BCUT2D eigenvalue weighted by Gasteiger charge is -2.23. The molecule has 0 atom stereocenters. The minimum Gasteiger partial charge on any atom is -0.383 e. The van der Waals surface area contributed by atoms with Gasteiger partial charge in [0.05, 0.1) is 12.9 Å². The summed E-state index contributed by atoms with van der Waals surface area (Å²) in [7, 11) is -2.13. The van der Waals surface area contributed by atoms with Gasteiger partial charge in [-0.2, -0.15) is 8.42 Å². The molecule has 0 aromatic heterocycles. The molecular weight excluding hydrogens is 375 g/mol. The van der Waals surface area contributed by atoms with Crippen LogP contribution < -0.4 is 9.50 Å². The van der Waals surface area contributed by atoms with Crippen LogP contribution in [0.2, 0.25) is 0 Å². The zero-order chi connectivity index (χ0) is 19.9. The number of ether oxygens (including phenoxy) is 1. The Hall–Kier alpha value is -2.65. The molecule has 0 bridgehead atoms. The molecule has 0 saturated carbocycles. The lowest BCUT2D eigenvalue weighted by molar-refractivity contribution is 0.153. The van der Waals surface area contributed by atoms with Crippen molar-refractivity contribution >= 4 is 21.8 Å². The number of rotatable bonds is 8. The highest BCUT2D eigenvalue weighted by Gasteiger charge is 2.15. The van der Waals surface area contributed by atoms with Crippen LogP contribution in [0.1, 0.15) is 5.56 Å². The van der Waals surface area contributed by atoms with Crippen LogP contribution >= 0.6 is 0 Å². The van der Waals surface area contributed by atoms with Crippen molar-refractivity contribution in [3.8, 4) is 5.75 Å². The highest BCUT2D eigenvalue weighted by Crippen LogP contribution is 2.17. The van der Waals surface area contributed by atoms with Gasteiger partial charge in [-0.1, -0.05) is 18.2 Å². The van der Waals surface area contributed by atoms with E-state index in [9.17, 15) is 17.6 Å². The van der Waals surface area contributed by atoms with Crippen molar-refractivity contribution in [2.24, 2.45) is 0 Å². The Labute approximate surface area is 157 Å². The fraction of sp³-hybridized carbons (Fsp3) is 0.278. The molecule has 0 radical (unpaired) electrons. The minimum atomic E-state index is -3.65. The molecule has 9 heteroatoms. The van der Waals surface area contributed by atoms with Crippen LogP contribution in [0.3, 0.4) is 0 Å². The van der Waals surface area contributed by atoms with Crippen molar-refractivity contribution < 1.29 is 26.5 Å². The van der Waals surface area contributed by atoms with Crippen molar-refractivity contribution in [2.45, 2.75) is 6.54 Å². The van der Waals surface area contributed by atoms with E-state index in [4.69, 9.17) is 8.92 Å². The Bertz CT molecular complexity index is 889. The Kier molecular flexibility index (Phi) is 7.14. The molecule has 0 aliphatic heterocycles. The number of hydrogen-bond donors (Lipinski definition) is 1. The molecule has 27 heavy (non-hydrogen) atoms. The van der Waals surface area contributed by atoms with Gasteiger partial charge in [0.1, 0.15) is 11.6 Å². The predicted molar refractivity (Wildman–Crippen MR) is 99.6 cm³/mol. The number of halogens is 1. The van der Waals surface area contributed by atoms with Gasteiger partial charge in [0, 0.05) is 25.9 Å². The average Bonchev–Trinajstić information content (AvgIpc) is 2.57. The Balaban J connectivity index is 2.13. The van der Waals surface area contributed by atoms with E-state index < -0.39 is 22.0 Å². The zero-order valence-electron chi connectivity index (χ0n) is 15.0. The zero-order valence-corrected chi connectivity index (χ0v) is 15.8. The van der Waals surface area contributed by atoms with Gasteiger partial charge in [-0.3, -0.25) is 0 Å². The second-order valence-corrected chi connectivity index (χ2v) is 7.36. The summed E-state index contributed by atoms with van der Waals surface area (Å²) in [5, 5.41) is 2.63. The molecule has 1 N–H and O–H groups in total. The number of methoxy groups -OCH3 is 1. The predicted octanol–water partition coefficient (Wildman–Crippen LogP) is 2.84. The first-order valence-electron chi connectivity index (χ1n) is 8.05. The summed E-state index contributed by atoms with van der Waals surface area (Å²) in [6.07, 6.45) is 0.955. The fourth-order valence-electron chi connectivity index (χ4n) is 2.31. The Morgan fingerprint density at radius 2 is 1.93 bits per heavy atom. The summed E-state index contributed by atoms with van der Waals surface area (Å²) in [5.41, 5.74) is 0.998. The van der Waals surface area contributed by atoms with Gasteiger partial charge in [-0.25, -0.2) is 9.18 Å². The maximum Gasteiger partial charge on any atom is 0.322 e. The lowest BCUT2D eigenvalue weighted by Crippen LogP contribution is -2.36. The summed E-state index contributed by atoms with van der Waals surface area (Å²) in [5.74, 6) is -0.297. The topological polar surface area (TPSA) is 84.9 Å². The largest absolute Gasteiger partial charge is 0.383 e. The van der Waals surface area contributed by atoms with Crippen LogP contribution in [0.15, 0.2) is 48.5 Å². The van der Waals surface area contributed by atoms with Gasteiger partial charge in [-0.05, 0) is 35.9 Å². The van der Waals surface area contributed by atoms with Gasteiger partial charge in [-0.15, -0.1) is 0 Å². The van der Waals surface area contributed by atoms with Crippen LogP contribution in [0.25, 0.3) is 0 Å². The van der Waals surface area contributed by atoms with Gasteiger partial charge in [0.15, 0.2) is 0 Å². The van der Waals surface area contributed by atoms with E-state index in [-0.39, 0.29) is 18.8 Å². The molecule has 146 valence electrons. The number of urea groups is 1. The molecule has 0 fully saturated rings. The lowest BCUT2D eigenvalue weighted by atomic mass is 10.2. The van der Waals surface area contributed by atoms with Gasteiger partial charge < -0.3 is 19.1 Å². The molecule has 0 aliphatic carbocycles. The third-order valence-electron chi connectivity index (χ3n) is 3.45.